The minimum atomic E-state index is -0.674. The average molecular weight is 201 g/mol. The highest BCUT2D eigenvalue weighted by molar-refractivity contribution is 4.89. The van der Waals surface area contributed by atoms with E-state index in [2.05, 4.69) is 5.32 Å². The number of hydrogen-bond donors (Lipinski definition) is 3. The van der Waals surface area contributed by atoms with Gasteiger partial charge in [-0.3, -0.25) is 0 Å². The van der Waals surface area contributed by atoms with Crippen LogP contribution < -0.4 is 5.32 Å². The monoisotopic (exact) mass is 201 g/mol. The lowest BCUT2D eigenvalue weighted by Gasteiger charge is -2.40. The number of rotatable bonds is 6. The molecule has 0 aromatic heterocycles. The Hall–Kier alpha value is -0.120. The second kappa shape index (κ2) is 5.10. The van der Waals surface area contributed by atoms with E-state index in [9.17, 15) is 10.2 Å². The molecule has 1 fully saturated rings. The van der Waals surface area contributed by atoms with Crippen LogP contribution in [0.25, 0.3) is 0 Å². The Labute approximate surface area is 86.5 Å². The summed E-state index contributed by atoms with van der Waals surface area (Å²) >= 11 is 0. The highest BCUT2D eigenvalue weighted by Crippen LogP contribution is 2.38. The number of nitrogens with one attached hydrogen (secondary N) is 1. The lowest BCUT2D eigenvalue weighted by atomic mass is 9.71. The van der Waals surface area contributed by atoms with Gasteiger partial charge in [-0.25, -0.2) is 0 Å². The van der Waals surface area contributed by atoms with Crippen LogP contribution in [0.2, 0.25) is 0 Å². The van der Waals surface area contributed by atoms with Crippen molar-refractivity contribution in [3.05, 3.63) is 0 Å². The zero-order chi connectivity index (χ0) is 10.6. The summed E-state index contributed by atoms with van der Waals surface area (Å²) in [7, 11) is 0. The van der Waals surface area contributed by atoms with Crippen molar-refractivity contribution in [2.75, 3.05) is 13.1 Å². The Morgan fingerprint density at radius 2 is 2.14 bits per heavy atom. The zero-order valence-electron chi connectivity index (χ0n) is 9.29. The third-order valence-corrected chi connectivity index (χ3v) is 3.26. The molecule has 0 unspecified atom stereocenters. The lowest BCUT2D eigenvalue weighted by molar-refractivity contribution is -0.0665. The molecule has 2 atom stereocenters. The Balaban J connectivity index is 2.25. The summed E-state index contributed by atoms with van der Waals surface area (Å²) in [5, 5.41) is 22.9. The summed E-state index contributed by atoms with van der Waals surface area (Å²) < 4.78 is 0. The third kappa shape index (κ3) is 3.23. The minimum Gasteiger partial charge on any atom is -0.392 e. The fourth-order valence-corrected chi connectivity index (χ4v) is 2.06. The Bertz CT molecular complexity index is 167. The van der Waals surface area contributed by atoms with Gasteiger partial charge in [0.25, 0.3) is 0 Å². The molecule has 1 aliphatic carbocycles. The van der Waals surface area contributed by atoms with E-state index in [1.54, 1.807) is 0 Å². The van der Waals surface area contributed by atoms with Gasteiger partial charge in [-0.15, -0.1) is 0 Å². The van der Waals surface area contributed by atoms with Gasteiger partial charge in [-0.1, -0.05) is 13.3 Å². The molecule has 0 saturated heterocycles. The van der Waals surface area contributed by atoms with Crippen molar-refractivity contribution in [2.45, 2.75) is 51.2 Å². The van der Waals surface area contributed by atoms with E-state index in [1.165, 1.54) is 6.42 Å². The zero-order valence-corrected chi connectivity index (χ0v) is 9.29. The lowest BCUT2D eigenvalue weighted by Crippen LogP contribution is -2.43. The molecule has 0 bridgehead atoms. The molecule has 0 heterocycles. The molecule has 0 aliphatic heterocycles. The van der Waals surface area contributed by atoms with Crippen LogP contribution in [0.3, 0.4) is 0 Å². The van der Waals surface area contributed by atoms with Gasteiger partial charge in [0.15, 0.2) is 0 Å². The SMILES string of the molecule is CCNC[C@H](O)C[C@@](C)(O)C1CCC1. The molecular formula is C11H23NO2. The number of aliphatic hydroxyl groups excluding tert-OH is 1. The van der Waals surface area contributed by atoms with Crippen LogP contribution in [0.1, 0.15) is 39.5 Å². The number of aliphatic hydroxyl groups is 2. The molecular weight excluding hydrogens is 178 g/mol. The van der Waals surface area contributed by atoms with E-state index in [0.29, 0.717) is 18.9 Å². The molecule has 0 radical (unpaired) electrons. The quantitative estimate of drug-likeness (QED) is 0.598. The van der Waals surface area contributed by atoms with Crippen molar-refractivity contribution in [3.63, 3.8) is 0 Å². The van der Waals surface area contributed by atoms with Crippen LogP contribution >= 0.6 is 0 Å². The molecule has 0 aromatic rings. The Morgan fingerprint density at radius 3 is 2.57 bits per heavy atom. The molecule has 1 rings (SSSR count). The van der Waals surface area contributed by atoms with Gasteiger partial charge in [0, 0.05) is 13.0 Å². The van der Waals surface area contributed by atoms with Gasteiger partial charge >= 0.3 is 0 Å². The summed E-state index contributed by atoms with van der Waals surface area (Å²) in [5.74, 6) is 0.402. The first-order valence-corrected chi connectivity index (χ1v) is 5.67. The Kier molecular flexibility index (Phi) is 4.35. The van der Waals surface area contributed by atoms with Crippen molar-refractivity contribution in [1.29, 1.82) is 0 Å². The highest BCUT2D eigenvalue weighted by atomic mass is 16.3. The number of likely N-dealkylation sites (N-methyl/N-ethyl adjacent to an activating group) is 1. The van der Waals surface area contributed by atoms with Crippen LogP contribution in [0, 0.1) is 5.92 Å². The van der Waals surface area contributed by atoms with Gasteiger partial charge < -0.3 is 15.5 Å². The largest absolute Gasteiger partial charge is 0.392 e. The third-order valence-electron chi connectivity index (χ3n) is 3.26. The van der Waals surface area contributed by atoms with Crippen molar-refractivity contribution < 1.29 is 10.2 Å². The summed E-state index contributed by atoms with van der Waals surface area (Å²) in [4.78, 5) is 0. The van der Waals surface area contributed by atoms with Gasteiger partial charge in [-0.05, 0) is 32.2 Å². The smallest absolute Gasteiger partial charge is 0.0691 e. The standard InChI is InChI=1S/C11H23NO2/c1-3-12-8-10(13)7-11(2,14)9-5-4-6-9/h9-10,12-14H,3-8H2,1-2H3/t10-,11-/m1/s1. The second-order valence-corrected chi connectivity index (χ2v) is 4.65. The first kappa shape index (κ1) is 12.0. The van der Waals surface area contributed by atoms with Crippen molar-refractivity contribution >= 4 is 0 Å². The summed E-state index contributed by atoms with van der Waals surface area (Å²) in [6.07, 6.45) is 3.52. The van der Waals surface area contributed by atoms with Gasteiger partial charge in [0.1, 0.15) is 0 Å². The summed E-state index contributed by atoms with van der Waals surface area (Å²) in [6.45, 7) is 5.31. The van der Waals surface area contributed by atoms with Crippen LogP contribution in [0.15, 0.2) is 0 Å². The molecule has 3 heteroatoms. The molecule has 84 valence electrons. The fraction of sp³-hybridized carbons (Fsp3) is 1.00. The highest BCUT2D eigenvalue weighted by Gasteiger charge is 2.37. The maximum Gasteiger partial charge on any atom is 0.0691 e. The van der Waals surface area contributed by atoms with Crippen LogP contribution in [-0.4, -0.2) is 35.0 Å². The number of hydrogen-bond acceptors (Lipinski definition) is 3. The molecule has 1 saturated carbocycles. The van der Waals surface area contributed by atoms with E-state index in [0.717, 1.165) is 19.4 Å². The topological polar surface area (TPSA) is 52.5 Å². The predicted molar refractivity (Wildman–Crippen MR) is 57.1 cm³/mol. The fourth-order valence-electron chi connectivity index (χ4n) is 2.06. The maximum absolute atomic E-state index is 10.1. The first-order chi connectivity index (χ1) is 6.56. The molecule has 14 heavy (non-hydrogen) atoms. The molecule has 3 nitrogen and oxygen atoms in total. The summed E-state index contributed by atoms with van der Waals surface area (Å²) in [6, 6.07) is 0. The normalized spacial score (nSPS) is 24.0. The predicted octanol–water partition coefficient (Wildman–Crippen LogP) is 0.898. The average Bonchev–Trinajstić information content (AvgIpc) is 1.95. The van der Waals surface area contributed by atoms with Crippen LogP contribution in [0.5, 0.6) is 0 Å². The van der Waals surface area contributed by atoms with E-state index in [1.807, 2.05) is 13.8 Å². The van der Waals surface area contributed by atoms with Gasteiger partial charge in [0.2, 0.25) is 0 Å². The van der Waals surface area contributed by atoms with Crippen molar-refractivity contribution in [1.82, 2.24) is 5.32 Å². The van der Waals surface area contributed by atoms with Crippen LogP contribution in [-0.2, 0) is 0 Å². The first-order valence-electron chi connectivity index (χ1n) is 5.67. The van der Waals surface area contributed by atoms with E-state index >= 15 is 0 Å². The van der Waals surface area contributed by atoms with Gasteiger partial charge in [0.05, 0.1) is 11.7 Å². The van der Waals surface area contributed by atoms with E-state index in [-0.39, 0.29) is 0 Å². The van der Waals surface area contributed by atoms with Crippen LogP contribution in [0.4, 0.5) is 0 Å². The molecule has 0 aromatic carbocycles. The Morgan fingerprint density at radius 1 is 1.50 bits per heavy atom. The van der Waals surface area contributed by atoms with E-state index < -0.39 is 11.7 Å². The summed E-state index contributed by atoms with van der Waals surface area (Å²) in [5.41, 5.74) is -0.674. The molecule has 1 aliphatic rings. The second-order valence-electron chi connectivity index (χ2n) is 4.65. The van der Waals surface area contributed by atoms with Gasteiger partial charge in [-0.2, -0.15) is 0 Å². The van der Waals surface area contributed by atoms with E-state index in [4.69, 9.17) is 0 Å². The molecule has 3 N–H and O–H groups in total. The molecule has 0 spiro atoms. The minimum absolute atomic E-state index is 0.402. The van der Waals surface area contributed by atoms with Crippen molar-refractivity contribution in [2.24, 2.45) is 5.92 Å². The maximum atomic E-state index is 10.1. The van der Waals surface area contributed by atoms with Crippen molar-refractivity contribution in [3.8, 4) is 0 Å². The molecule has 0 amide bonds.